The zero-order valence-electron chi connectivity index (χ0n) is 9.56. The van der Waals surface area contributed by atoms with E-state index in [9.17, 15) is 0 Å². The van der Waals surface area contributed by atoms with Gasteiger partial charge in [0.25, 0.3) is 6.01 Å². The van der Waals surface area contributed by atoms with E-state index in [1.807, 2.05) is 36.0 Å². The van der Waals surface area contributed by atoms with Crippen LogP contribution in [0.5, 0.6) is 0 Å². The van der Waals surface area contributed by atoms with Crippen LogP contribution in [-0.4, -0.2) is 34.7 Å². The van der Waals surface area contributed by atoms with Crippen LogP contribution in [0.2, 0.25) is 0 Å². The molecule has 17 heavy (non-hydrogen) atoms. The first kappa shape index (κ1) is 12.3. The topological polar surface area (TPSA) is 58.3 Å². The first-order valence-corrected chi connectivity index (χ1v) is 6.83. The van der Waals surface area contributed by atoms with Crippen molar-refractivity contribution in [3.8, 4) is 0 Å². The van der Waals surface area contributed by atoms with E-state index in [1.165, 1.54) is 0 Å². The molecule has 0 amide bonds. The van der Waals surface area contributed by atoms with Crippen LogP contribution in [0.1, 0.15) is 6.42 Å². The zero-order chi connectivity index (χ0) is 11.9. The predicted octanol–water partition coefficient (Wildman–Crippen LogP) is 2.36. The molecule has 0 aliphatic rings. The summed E-state index contributed by atoms with van der Waals surface area (Å²) < 4.78 is 5.52. The van der Waals surface area contributed by atoms with Crippen LogP contribution in [0, 0.1) is 0 Å². The largest absolute Gasteiger partial charge is 0.424 e. The molecule has 1 heterocycles. The molecular formula is C12H16N2O2S. The van der Waals surface area contributed by atoms with Gasteiger partial charge in [-0.25, -0.2) is 0 Å². The van der Waals surface area contributed by atoms with Crippen molar-refractivity contribution in [2.45, 2.75) is 6.42 Å². The van der Waals surface area contributed by atoms with E-state index in [0.717, 1.165) is 35.6 Å². The van der Waals surface area contributed by atoms with Crippen molar-refractivity contribution in [2.24, 2.45) is 0 Å². The third-order valence-electron chi connectivity index (χ3n) is 2.26. The molecule has 1 aromatic heterocycles. The number of aromatic nitrogens is 1. The number of rotatable bonds is 7. The maximum atomic E-state index is 8.63. The number of fused-ring (bicyclic) bond motifs is 1. The Kier molecular flexibility index (Phi) is 4.70. The van der Waals surface area contributed by atoms with Gasteiger partial charge in [-0.3, -0.25) is 0 Å². The van der Waals surface area contributed by atoms with Gasteiger partial charge in [-0.1, -0.05) is 12.1 Å². The van der Waals surface area contributed by atoms with Gasteiger partial charge in [0.05, 0.1) is 0 Å². The van der Waals surface area contributed by atoms with Gasteiger partial charge in [0.1, 0.15) is 5.52 Å². The summed E-state index contributed by atoms with van der Waals surface area (Å²) in [6, 6.07) is 8.29. The molecule has 2 N–H and O–H groups in total. The number of aliphatic hydroxyl groups excluding tert-OH is 1. The van der Waals surface area contributed by atoms with E-state index in [1.54, 1.807) is 0 Å². The summed E-state index contributed by atoms with van der Waals surface area (Å²) in [5.41, 5.74) is 1.69. The number of hydrogen-bond acceptors (Lipinski definition) is 5. The van der Waals surface area contributed by atoms with Gasteiger partial charge >= 0.3 is 0 Å². The van der Waals surface area contributed by atoms with E-state index >= 15 is 0 Å². The van der Waals surface area contributed by atoms with Crippen molar-refractivity contribution in [2.75, 3.05) is 30.0 Å². The highest BCUT2D eigenvalue weighted by Gasteiger charge is 2.03. The van der Waals surface area contributed by atoms with Crippen molar-refractivity contribution >= 4 is 28.9 Å². The number of nitrogens with zero attached hydrogens (tertiary/aromatic N) is 1. The summed E-state index contributed by atoms with van der Waals surface area (Å²) in [7, 11) is 0. The lowest BCUT2D eigenvalue weighted by molar-refractivity contribution is 0.296. The molecule has 4 nitrogen and oxygen atoms in total. The summed E-state index contributed by atoms with van der Waals surface area (Å²) in [5, 5.41) is 11.8. The highest BCUT2D eigenvalue weighted by atomic mass is 32.2. The predicted molar refractivity (Wildman–Crippen MR) is 71.5 cm³/mol. The minimum Gasteiger partial charge on any atom is -0.424 e. The zero-order valence-corrected chi connectivity index (χ0v) is 10.4. The number of anilines is 1. The van der Waals surface area contributed by atoms with Crippen LogP contribution in [0.15, 0.2) is 28.7 Å². The normalized spacial score (nSPS) is 10.9. The van der Waals surface area contributed by atoms with Crippen LogP contribution in [0.3, 0.4) is 0 Å². The number of nitrogens with one attached hydrogen (secondary N) is 1. The first-order chi connectivity index (χ1) is 8.40. The molecule has 0 saturated carbocycles. The Balaban J connectivity index is 1.75. The van der Waals surface area contributed by atoms with E-state index in [-0.39, 0.29) is 6.61 Å². The van der Waals surface area contributed by atoms with Crippen LogP contribution in [0.25, 0.3) is 11.1 Å². The van der Waals surface area contributed by atoms with Gasteiger partial charge < -0.3 is 14.8 Å². The van der Waals surface area contributed by atoms with Crippen LogP contribution < -0.4 is 5.32 Å². The average Bonchev–Trinajstić information content (AvgIpc) is 2.76. The van der Waals surface area contributed by atoms with Gasteiger partial charge in [0, 0.05) is 18.9 Å². The molecule has 0 saturated heterocycles. The third-order valence-corrected chi connectivity index (χ3v) is 3.33. The van der Waals surface area contributed by atoms with E-state index < -0.39 is 0 Å². The molecule has 0 spiro atoms. The lowest BCUT2D eigenvalue weighted by Gasteiger charge is -2.00. The van der Waals surface area contributed by atoms with E-state index in [4.69, 9.17) is 9.52 Å². The molecule has 0 aliphatic heterocycles. The molecule has 5 heteroatoms. The monoisotopic (exact) mass is 252 g/mol. The number of hydrogen-bond donors (Lipinski definition) is 2. The number of para-hydroxylation sites is 2. The quantitative estimate of drug-likeness (QED) is 0.741. The average molecular weight is 252 g/mol. The molecular weight excluding hydrogens is 236 g/mol. The minimum absolute atomic E-state index is 0.269. The minimum atomic E-state index is 0.269. The molecule has 2 aromatic rings. The SMILES string of the molecule is OCCCSCCNc1nc2ccccc2o1. The molecule has 0 unspecified atom stereocenters. The lowest BCUT2D eigenvalue weighted by atomic mass is 10.3. The fraction of sp³-hybridized carbons (Fsp3) is 0.417. The Hall–Kier alpha value is -1.20. The number of oxazole rings is 1. The van der Waals surface area contributed by atoms with Crippen LogP contribution in [0.4, 0.5) is 6.01 Å². The summed E-state index contributed by atoms with van der Waals surface area (Å²) in [6.45, 7) is 1.09. The van der Waals surface area contributed by atoms with Gasteiger partial charge in [0.2, 0.25) is 0 Å². The second-order valence-electron chi connectivity index (χ2n) is 3.60. The van der Waals surface area contributed by atoms with Gasteiger partial charge in [0.15, 0.2) is 5.58 Å². The van der Waals surface area contributed by atoms with E-state index in [0.29, 0.717) is 6.01 Å². The maximum Gasteiger partial charge on any atom is 0.295 e. The second-order valence-corrected chi connectivity index (χ2v) is 4.83. The molecule has 0 aliphatic carbocycles. The highest BCUT2D eigenvalue weighted by molar-refractivity contribution is 7.99. The third kappa shape index (κ3) is 3.64. The fourth-order valence-electron chi connectivity index (χ4n) is 1.45. The number of thioether (sulfide) groups is 1. The number of aliphatic hydroxyl groups is 1. The smallest absolute Gasteiger partial charge is 0.295 e. The maximum absolute atomic E-state index is 8.63. The molecule has 0 fully saturated rings. The first-order valence-electron chi connectivity index (χ1n) is 5.68. The summed E-state index contributed by atoms with van der Waals surface area (Å²) in [4.78, 5) is 4.32. The van der Waals surface area contributed by atoms with Gasteiger partial charge in [-0.05, 0) is 24.3 Å². The lowest BCUT2D eigenvalue weighted by Crippen LogP contribution is -2.04. The Labute approximate surface area is 104 Å². The van der Waals surface area contributed by atoms with Crippen molar-refractivity contribution in [3.05, 3.63) is 24.3 Å². The standard InChI is InChI=1S/C12H16N2O2S/c15-7-3-8-17-9-6-13-12-14-10-4-1-2-5-11(10)16-12/h1-2,4-5,15H,3,6-9H2,(H,13,14). The van der Waals surface area contributed by atoms with Crippen LogP contribution >= 0.6 is 11.8 Å². The Morgan fingerprint density at radius 3 is 3.00 bits per heavy atom. The van der Waals surface area contributed by atoms with Crippen LogP contribution in [-0.2, 0) is 0 Å². The fourth-order valence-corrected chi connectivity index (χ4v) is 2.23. The second kappa shape index (κ2) is 6.51. The van der Waals surface area contributed by atoms with Gasteiger partial charge in [-0.15, -0.1) is 0 Å². The highest BCUT2D eigenvalue weighted by Crippen LogP contribution is 2.17. The molecule has 0 atom stereocenters. The molecule has 0 radical (unpaired) electrons. The molecule has 0 bridgehead atoms. The summed E-state index contributed by atoms with van der Waals surface area (Å²) in [5.74, 6) is 1.98. The Morgan fingerprint density at radius 2 is 2.18 bits per heavy atom. The van der Waals surface area contributed by atoms with Crippen molar-refractivity contribution in [1.82, 2.24) is 4.98 Å². The van der Waals surface area contributed by atoms with Crippen molar-refractivity contribution in [3.63, 3.8) is 0 Å². The molecule has 1 aromatic carbocycles. The molecule has 92 valence electrons. The van der Waals surface area contributed by atoms with Gasteiger partial charge in [-0.2, -0.15) is 16.7 Å². The Morgan fingerprint density at radius 1 is 1.29 bits per heavy atom. The van der Waals surface area contributed by atoms with Crippen molar-refractivity contribution < 1.29 is 9.52 Å². The molecule has 2 rings (SSSR count). The number of benzene rings is 1. The summed E-state index contributed by atoms with van der Waals surface area (Å²) in [6.07, 6.45) is 0.855. The van der Waals surface area contributed by atoms with Crippen molar-refractivity contribution in [1.29, 1.82) is 0 Å². The van der Waals surface area contributed by atoms with E-state index in [2.05, 4.69) is 10.3 Å². The summed E-state index contributed by atoms with van der Waals surface area (Å²) >= 11 is 1.81. The Bertz CT molecular complexity index is 425.